The minimum absolute atomic E-state index is 0.292. The smallest absolute Gasteiger partial charge is 0.140 e. The van der Waals surface area contributed by atoms with E-state index in [-0.39, 0.29) is 0 Å². The van der Waals surface area contributed by atoms with Crippen molar-refractivity contribution in [1.29, 1.82) is 0 Å². The molecule has 0 aliphatic carbocycles. The third-order valence-electron chi connectivity index (χ3n) is 2.91. The molecule has 0 aliphatic rings. The number of pyridine rings is 1. The molecule has 0 atom stereocenters. The lowest BCUT2D eigenvalue weighted by atomic mass is 10.2. The molecule has 0 bridgehead atoms. The largest absolute Gasteiger partial charge is 0.497 e. The average molecular weight is 303 g/mol. The Hall–Kier alpha value is -2.34. The van der Waals surface area contributed by atoms with E-state index in [1.54, 1.807) is 20.3 Å². The van der Waals surface area contributed by atoms with Gasteiger partial charge in [-0.1, -0.05) is 12.2 Å². The molecule has 0 radical (unpaired) electrons. The van der Waals surface area contributed by atoms with E-state index < -0.39 is 0 Å². The van der Waals surface area contributed by atoms with Crippen LogP contribution in [-0.4, -0.2) is 24.2 Å². The first kappa shape index (κ1) is 15.1. The highest BCUT2D eigenvalue weighted by Gasteiger charge is 2.09. The standard InChI is InChI=1S/C15H17N3O2S/c1-9-4-5-13(14(16)21)15(17-9)18-10-6-11(19-2)8-12(7-10)20-3/h4-8H,1-3H3,(H2,16,21)(H,17,18). The van der Waals surface area contributed by atoms with E-state index in [9.17, 15) is 0 Å². The molecule has 6 heteroatoms. The van der Waals surface area contributed by atoms with Crippen molar-refractivity contribution < 1.29 is 9.47 Å². The second-order valence-corrected chi connectivity index (χ2v) is 4.88. The van der Waals surface area contributed by atoms with Crippen LogP contribution in [0.15, 0.2) is 30.3 Å². The number of aryl methyl sites for hydroxylation is 1. The lowest BCUT2D eigenvalue weighted by Gasteiger charge is -2.13. The highest BCUT2D eigenvalue weighted by molar-refractivity contribution is 7.80. The summed E-state index contributed by atoms with van der Waals surface area (Å²) >= 11 is 5.05. The number of ether oxygens (including phenoxy) is 2. The number of nitrogens with one attached hydrogen (secondary N) is 1. The molecule has 0 spiro atoms. The van der Waals surface area contributed by atoms with Gasteiger partial charge in [-0.05, 0) is 19.1 Å². The lowest BCUT2D eigenvalue weighted by molar-refractivity contribution is 0.395. The highest BCUT2D eigenvalue weighted by atomic mass is 32.1. The molecule has 1 heterocycles. The second-order valence-electron chi connectivity index (χ2n) is 4.44. The van der Waals surface area contributed by atoms with Crippen LogP contribution < -0.4 is 20.5 Å². The molecule has 0 amide bonds. The first-order chi connectivity index (χ1) is 10.0. The number of nitrogens with two attached hydrogens (primary N) is 1. The Bertz CT molecular complexity index is 652. The maximum atomic E-state index is 5.73. The van der Waals surface area contributed by atoms with Crippen LogP contribution in [0.2, 0.25) is 0 Å². The normalized spacial score (nSPS) is 10.0. The molecule has 1 aromatic carbocycles. The van der Waals surface area contributed by atoms with Crippen LogP contribution in [0.5, 0.6) is 11.5 Å². The number of nitrogens with zero attached hydrogens (tertiary/aromatic N) is 1. The van der Waals surface area contributed by atoms with Crippen LogP contribution in [0.1, 0.15) is 11.3 Å². The van der Waals surface area contributed by atoms with Gasteiger partial charge in [0.25, 0.3) is 0 Å². The molecule has 1 aromatic heterocycles. The molecule has 0 fully saturated rings. The summed E-state index contributed by atoms with van der Waals surface area (Å²) in [6.45, 7) is 1.90. The summed E-state index contributed by atoms with van der Waals surface area (Å²) in [5.41, 5.74) is 8.07. The predicted octanol–water partition coefficient (Wildman–Crippen LogP) is 2.79. The fourth-order valence-electron chi connectivity index (χ4n) is 1.87. The average Bonchev–Trinajstić information content (AvgIpc) is 2.46. The maximum Gasteiger partial charge on any atom is 0.140 e. The topological polar surface area (TPSA) is 69.4 Å². The van der Waals surface area contributed by atoms with E-state index in [2.05, 4.69) is 10.3 Å². The Morgan fingerprint density at radius 3 is 2.29 bits per heavy atom. The molecule has 0 aliphatic heterocycles. The number of hydrogen-bond acceptors (Lipinski definition) is 5. The number of anilines is 2. The zero-order valence-electron chi connectivity index (χ0n) is 12.1. The Balaban J connectivity index is 2.42. The highest BCUT2D eigenvalue weighted by Crippen LogP contribution is 2.28. The van der Waals surface area contributed by atoms with Crippen molar-refractivity contribution in [2.75, 3.05) is 19.5 Å². The van der Waals surface area contributed by atoms with Gasteiger partial charge in [0, 0.05) is 29.6 Å². The number of rotatable bonds is 5. The van der Waals surface area contributed by atoms with Crippen LogP contribution in [-0.2, 0) is 0 Å². The van der Waals surface area contributed by atoms with E-state index in [0.29, 0.717) is 27.9 Å². The second kappa shape index (κ2) is 6.41. The first-order valence-electron chi connectivity index (χ1n) is 6.31. The number of hydrogen-bond donors (Lipinski definition) is 2. The summed E-state index contributed by atoms with van der Waals surface area (Å²) in [5, 5.41) is 3.21. The van der Waals surface area contributed by atoms with E-state index in [1.165, 1.54) is 0 Å². The van der Waals surface area contributed by atoms with Crippen molar-refractivity contribution in [3.8, 4) is 11.5 Å². The van der Waals surface area contributed by atoms with Crippen LogP contribution in [0, 0.1) is 6.92 Å². The monoisotopic (exact) mass is 303 g/mol. The zero-order valence-corrected chi connectivity index (χ0v) is 13.0. The van der Waals surface area contributed by atoms with E-state index >= 15 is 0 Å². The number of aromatic nitrogens is 1. The molecular formula is C15H17N3O2S. The van der Waals surface area contributed by atoms with Gasteiger partial charge in [-0.2, -0.15) is 0 Å². The van der Waals surface area contributed by atoms with Gasteiger partial charge in [-0.15, -0.1) is 0 Å². The van der Waals surface area contributed by atoms with E-state index in [0.717, 1.165) is 11.4 Å². The maximum absolute atomic E-state index is 5.73. The molecule has 0 saturated heterocycles. The van der Waals surface area contributed by atoms with Crippen molar-refractivity contribution in [3.05, 3.63) is 41.6 Å². The van der Waals surface area contributed by atoms with Gasteiger partial charge >= 0.3 is 0 Å². The molecule has 2 rings (SSSR count). The van der Waals surface area contributed by atoms with Gasteiger partial charge in [0.15, 0.2) is 0 Å². The van der Waals surface area contributed by atoms with E-state index in [4.69, 9.17) is 27.4 Å². The number of benzene rings is 1. The molecule has 5 nitrogen and oxygen atoms in total. The van der Waals surface area contributed by atoms with Crippen LogP contribution in [0.4, 0.5) is 11.5 Å². The third kappa shape index (κ3) is 3.61. The van der Waals surface area contributed by atoms with Crippen molar-refractivity contribution in [2.24, 2.45) is 5.73 Å². The third-order valence-corrected chi connectivity index (χ3v) is 3.13. The molecular weight excluding hydrogens is 286 g/mol. The van der Waals surface area contributed by atoms with Crippen LogP contribution in [0.3, 0.4) is 0 Å². The van der Waals surface area contributed by atoms with Gasteiger partial charge in [-0.3, -0.25) is 0 Å². The Morgan fingerprint density at radius 2 is 1.76 bits per heavy atom. The minimum atomic E-state index is 0.292. The fraction of sp³-hybridized carbons (Fsp3) is 0.200. The molecule has 110 valence electrons. The predicted molar refractivity (Wildman–Crippen MR) is 87.7 cm³/mol. The Kier molecular flexibility index (Phi) is 4.59. The summed E-state index contributed by atoms with van der Waals surface area (Å²) in [6.07, 6.45) is 0. The lowest BCUT2D eigenvalue weighted by Crippen LogP contribution is -2.13. The van der Waals surface area contributed by atoms with Crippen molar-refractivity contribution in [1.82, 2.24) is 4.98 Å². The fourth-order valence-corrected chi connectivity index (χ4v) is 2.03. The van der Waals surface area contributed by atoms with Crippen LogP contribution >= 0.6 is 12.2 Å². The molecule has 2 aromatic rings. The van der Waals surface area contributed by atoms with Crippen molar-refractivity contribution in [2.45, 2.75) is 6.92 Å². The molecule has 3 N–H and O–H groups in total. The van der Waals surface area contributed by atoms with Crippen LogP contribution in [0.25, 0.3) is 0 Å². The SMILES string of the molecule is COc1cc(Nc2nc(C)ccc2C(N)=S)cc(OC)c1. The Morgan fingerprint density at radius 1 is 1.14 bits per heavy atom. The minimum Gasteiger partial charge on any atom is -0.497 e. The number of methoxy groups -OCH3 is 2. The van der Waals surface area contributed by atoms with Gasteiger partial charge in [0.2, 0.25) is 0 Å². The van der Waals surface area contributed by atoms with Gasteiger partial charge in [0.1, 0.15) is 22.3 Å². The number of thiocarbonyl (C=S) groups is 1. The summed E-state index contributed by atoms with van der Waals surface area (Å²) in [4.78, 5) is 4.73. The van der Waals surface area contributed by atoms with Crippen molar-refractivity contribution >= 4 is 28.7 Å². The summed E-state index contributed by atoms with van der Waals surface area (Å²) in [7, 11) is 3.20. The first-order valence-corrected chi connectivity index (χ1v) is 6.72. The van der Waals surface area contributed by atoms with Gasteiger partial charge < -0.3 is 20.5 Å². The Labute approximate surface area is 129 Å². The molecule has 0 saturated carbocycles. The summed E-state index contributed by atoms with van der Waals surface area (Å²) < 4.78 is 10.5. The zero-order chi connectivity index (χ0) is 15.4. The van der Waals surface area contributed by atoms with Gasteiger partial charge in [-0.25, -0.2) is 4.98 Å². The summed E-state index contributed by atoms with van der Waals surface area (Å²) in [5.74, 6) is 1.97. The van der Waals surface area contributed by atoms with Crippen molar-refractivity contribution in [3.63, 3.8) is 0 Å². The summed E-state index contributed by atoms with van der Waals surface area (Å²) in [6, 6.07) is 9.20. The quantitative estimate of drug-likeness (QED) is 0.828. The van der Waals surface area contributed by atoms with E-state index in [1.807, 2.05) is 31.2 Å². The molecule has 21 heavy (non-hydrogen) atoms. The van der Waals surface area contributed by atoms with Gasteiger partial charge in [0.05, 0.1) is 19.8 Å². The molecule has 0 unspecified atom stereocenters.